The van der Waals surface area contributed by atoms with Crippen LogP contribution in [-0.2, 0) is 0 Å². The number of halogens is 3. The Morgan fingerprint density at radius 2 is 1.71 bits per heavy atom. The van der Waals surface area contributed by atoms with Crippen molar-refractivity contribution in [3.8, 4) is 5.75 Å². The third-order valence-corrected chi connectivity index (χ3v) is 3.05. The minimum Gasteiger partial charge on any atom is -0.489 e. The van der Waals surface area contributed by atoms with Crippen molar-refractivity contribution in [3.63, 3.8) is 0 Å². The Labute approximate surface area is 121 Å². The van der Waals surface area contributed by atoms with E-state index < -0.39 is 23.5 Å². The quantitative estimate of drug-likeness (QED) is 0.874. The molecule has 0 saturated carbocycles. The molecular formula is C16H16F3NO. The molecule has 0 fully saturated rings. The zero-order valence-corrected chi connectivity index (χ0v) is 11.6. The van der Waals surface area contributed by atoms with E-state index in [-0.39, 0.29) is 17.9 Å². The SMILES string of the molecule is CCNC(COc1ccccc1F)c1cccc(F)c1F. The summed E-state index contributed by atoms with van der Waals surface area (Å²) >= 11 is 0. The average Bonchev–Trinajstić information content (AvgIpc) is 2.48. The fourth-order valence-electron chi connectivity index (χ4n) is 2.03. The van der Waals surface area contributed by atoms with Gasteiger partial charge in [0.05, 0.1) is 6.04 Å². The lowest BCUT2D eigenvalue weighted by Gasteiger charge is -2.20. The summed E-state index contributed by atoms with van der Waals surface area (Å²) in [6.45, 7) is 2.38. The van der Waals surface area contributed by atoms with Crippen LogP contribution in [-0.4, -0.2) is 13.2 Å². The minimum atomic E-state index is -0.916. The number of hydrogen-bond acceptors (Lipinski definition) is 2. The van der Waals surface area contributed by atoms with Gasteiger partial charge in [-0.15, -0.1) is 0 Å². The van der Waals surface area contributed by atoms with Crippen LogP contribution in [0.2, 0.25) is 0 Å². The summed E-state index contributed by atoms with van der Waals surface area (Å²) in [5.74, 6) is -2.24. The molecule has 0 radical (unpaired) electrons. The molecule has 2 aromatic carbocycles. The molecule has 112 valence electrons. The molecule has 0 saturated heterocycles. The van der Waals surface area contributed by atoms with Crippen molar-refractivity contribution >= 4 is 0 Å². The van der Waals surface area contributed by atoms with Crippen molar-refractivity contribution in [1.82, 2.24) is 5.32 Å². The monoisotopic (exact) mass is 295 g/mol. The smallest absolute Gasteiger partial charge is 0.165 e. The van der Waals surface area contributed by atoms with Crippen LogP contribution in [0.3, 0.4) is 0 Å². The van der Waals surface area contributed by atoms with Crippen LogP contribution >= 0.6 is 0 Å². The zero-order chi connectivity index (χ0) is 15.2. The second-order valence-corrected chi connectivity index (χ2v) is 4.49. The van der Waals surface area contributed by atoms with Gasteiger partial charge in [-0.1, -0.05) is 31.2 Å². The van der Waals surface area contributed by atoms with Crippen molar-refractivity contribution in [2.45, 2.75) is 13.0 Å². The largest absolute Gasteiger partial charge is 0.489 e. The molecule has 0 bridgehead atoms. The van der Waals surface area contributed by atoms with Crippen LogP contribution in [0.5, 0.6) is 5.75 Å². The average molecular weight is 295 g/mol. The Morgan fingerprint density at radius 1 is 1.00 bits per heavy atom. The van der Waals surface area contributed by atoms with Gasteiger partial charge >= 0.3 is 0 Å². The summed E-state index contributed by atoms with van der Waals surface area (Å²) in [5.41, 5.74) is 0.160. The second-order valence-electron chi connectivity index (χ2n) is 4.49. The molecule has 2 aromatic rings. The maximum Gasteiger partial charge on any atom is 0.165 e. The topological polar surface area (TPSA) is 21.3 Å². The molecule has 0 heterocycles. The Morgan fingerprint density at radius 3 is 2.43 bits per heavy atom. The van der Waals surface area contributed by atoms with Gasteiger partial charge in [0.15, 0.2) is 23.2 Å². The lowest BCUT2D eigenvalue weighted by Crippen LogP contribution is -2.28. The summed E-state index contributed by atoms with van der Waals surface area (Å²) in [6, 6.07) is 9.36. The molecular weight excluding hydrogens is 279 g/mol. The highest BCUT2D eigenvalue weighted by Gasteiger charge is 2.18. The molecule has 2 nitrogen and oxygen atoms in total. The Kier molecular flexibility index (Phi) is 5.22. The molecule has 0 spiro atoms. The van der Waals surface area contributed by atoms with Crippen molar-refractivity contribution in [2.24, 2.45) is 0 Å². The van der Waals surface area contributed by atoms with Crippen molar-refractivity contribution in [1.29, 1.82) is 0 Å². The molecule has 0 aliphatic rings. The number of rotatable bonds is 6. The molecule has 21 heavy (non-hydrogen) atoms. The summed E-state index contributed by atoms with van der Waals surface area (Å²) in [5, 5.41) is 3.00. The van der Waals surface area contributed by atoms with Gasteiger partial charge in [0.25, 0.3) is 0 Å². The molecule has 0 amide bonds. The fourth-order valence-corrected chi connectivity index (χ4v) is 2.03. The maximum atomic E-state index is 13.8. The normalized spacial score (nSPS) is 12.2. The number of para-hydroxylation sites is 1. The van der Waals surface area contributed by atoms with Crippen molar-refractivity contribution in [2.75, 3.05) is 13.2 Å². The standard InChI is InChI=1S/C16H16F3NO/c1-2-20-14(11-6-5-8-13(18)16(11)19)10-21-15-9-4-3-7-12(15)17/h3-9,14,20H,2,10H2,1H3. The Bertz CT molecular complexity index is 604. The van der Waals surface area contributed by atoms with E-state index in [1.807, 2.05) is 6.92 Å². The number of nitrogens with one attached hydrogen (secondary N) is 1. The number of ether oxygens (including phenoxy) is 1. The highest BCUT2D eigenvalue weighted by atomic mass is 19.2. The molecule has 0 aliphatic heterocycles. The van der Waals surface area contributed by atoms with E-state index in [1.165, 1.54) is 24.3 Å². The first-order valence-corrected chi connectivity index (χ1v) is 6.68. The van der Waals surface area contributed by atoms with Gasteiger partial charge in [-0.25, -0.2) is 13.2 Å². The van der Waals surface area contributed by atoms with Gasteiger partial charge in [0.1, 0.15) is 6.61 Å². The van der Waals surface area contributed by atoms with Gasteiger partial charge in [-0.3, -0.25) is 0 Å². The van der Waals surface area contributed by atoms with E-state index in [0.29, 0.717) is 6.54 Å². The first-order valence-electron chi connectivity index (χ1n) is 6.68. The second kappa shape index (κ2) is 7.13. The lowest BCUT2D eigenvalue weighted by atomic mass is 10.1. The van der Waals surface area contributed by atoms with E-state index in [0.717, 1.165) is 6.07 Å². The van der Waals surface area contributed by atoms with Crippen LogP contribution in [0.1, 0.15) is 18.5 Å². The fraction of sp³-hybridized carbons (Fsp3) is 0.250. The van der Waals surface area contributed by atoms with Gasteiger partial charge in [-0.2, -0.15) is 0 Å². The molecule has 2 rings (SSSR count). The van der Waals surface area contributed by atoms with E-state index in [9.17, 15) is 13.2 Å². The van der Waals surface area contributed by atoms with E-state index in [4.69, 9.17) is 4.74 Å². The van der Waals surface area contributed by atoms with Gasteiger partial charge in [0, 0.05) is 5.56 Å². The van der Waals surface area contributed by atoms with Gasteiger partial charge < -0.3 is 10.1 Å². The van der Waals surface area contributed by atoms with Crippen LogP contribution in [0.15, 0.2) is 42.5 Å². The molecule has 5 heteroatoms. The summed E-state index contributed by atoms with van der Waals surface area (Å²) in [6.07, 6.45) is 0. The summed E-state index contributed by atoms with van der Waals surface area (Å²) in [7, 11) is 0. The van der Waals surface area contributed by atoms with E-state index in [1.54, 1.807) is 12.1 Å². The predicted molar refractivity (Wildman–Crippen MR) is 74.7 cm³/mol. The summed E-state index contributed by atoms with van der Waals surface area (Å²) < 4.78 is 46.0. The summed E-state index contributed by atoms with van der Waals surface area (Å²) in [4.78, 5) is 0. The third-order valence-electron chi connectivity index (χ3n) is 3.05. The zero-order valence-electron chi connectivity index (χ0n) is 11.6. The molecule has 0 aromatic heterocycles. The molecule has 1 unspecified atom stereocenters. The number of hydrogen-bond donors (Lipinski definition) is 1. The van der Waals surface area contributed by atoms with Crippen LogP contribution in [0.4, 0.5) is 13.2 Å². The minimum absolute atomic E-state index is 0.00481. The third kappa shape index (κ3) is 3.76. The Hall–Kier alpha value is -2.01. The van der Waals surface area contributed by atoms with Crippen LogP contribution < -0.4 is 10.1 Å². The van der Waals surface area contributed by atoms with Crippen LogP contribution in [0, 0.1) is 17.5 Å². The first kappa shape index (κ1) is 15.4. The lowest BCUT2D eigenvalue weighted by molar-refractivity contribution is 0.253. The molecule has 1 atom stereocenters. The molecule has 0 aliphatic carbocycles. The first-order chi connectivity index (χ1) is 10.1. The van der Waals surface area contributed by atoms with Crippen molar-refractivity contribution < 1.29 is 17.9 Å². The van der Waals surface area contributed by atoms with Crippen molar-refractivity contribution in [3.05, 3.63) is 65.5 Å². The molecule has 1 N–H and O–H groups in total. The number of likely N-dealkylation sites (N-methyl/N-ethyl adjacent to an activating group) is 1. The highest BCUT2D eigenvalue weighted by molar-refractivity contribution is 5.25. The maximum absolute atomic E-state index is 13.8. The van der Waals surface area contributed by atoms with Gasteiger partial charge in [-0.05, 0) is 24.7 Å². The number of benzene rings is 2. The van der Waals surface area contributed by atoms with E-state index in [2.05, 4.69) is 5.32 Å². The van der Waals surface area contributed by atoms with E-state index >= 15 is 0 Å². The van der Waals surface area contributed by atoms with Gasteiger partial charge in [0.2, 0.25) is 0 Å². The highest BCUT2D eigenvalue weighted by Crippen LogP contribution is 2.22. The predicted octanol–water partition coefficient (Wildman–Crippen LogP) is 3.83. The van der Waals surface area contributed by atoms with Crippen LogP contribution in [0.25, 0.3) is 0 Å². The Balaban J connectivity index is 2.16.